The number of nitrogens with one attached hydrogen (secondary N) is 1. The Morgan fingerprint density at radius 3 is 2.54 bits per heavy atom. The molecule has 7 heteroatoms. The first-order valence-electron chi connectivity index (χ1n) is 12.6. The summed E-state index contributed by atoms with van der Waals surface area (Å²) in [5.41, 5.74) is 3.82. The number of hydrogen-bond acceptors (Lipinski definition) is 5. The lowest BCUT2D eigenvalue weighted by Crippen LogP contribution is -2.41. The molecular formula is C28H33N5O2. The van der Waals surface area contributed by atoms with E-state index in [1.165, 1.54) is 0 Å². The van der Waals surface area contributed by atoms with Crippen LogP contribution in [0.2, 0.25) is 0 Å². The summed E-state index contributed by atoms with van der Waals surface area (Å²) < 4.78 is 5.68. The van der Waals surface area contributed by atoms with Crippen LogP contribution in [0.5, 0.6) is 5.75 Å². The fourth-order valence-corrected chi connectivity index (χ4v) is 4.81. The van der Waals surface area contributed by atoms with E-state index in [4.69, 9.17) is 14.7 Å². The standard InChI is InChI=1S/C28H33N5O2/c1-3-35-25-12-8-7-11-24(25)30-28(34)33-18-15-23-22(19-33)27(32-16-13-20(2)14-17-32)31-26(29-23)21-9-5-4-6-10-21/h4-12,20H,3,13-19H2,1-2H3,(H,30,34). The van der Waals surface area contributed by atoms with Crippen molar-refractivity contribution in [3.63, 3.8) is 0 Å². The summed E-state index contributed by atoms with van der Waals surface area (Å²) in [4.78, 5) is 27.5. The minimum atomic E-state index is -0.131. The zero-order chi connectivity index (χ0) is 24.2. The molecule has 2 aliphatic rings. The van der Waals surface area contributed by atoms with Gasteiger partial charge in [-0.05, 0) is 37.8 Å². The number of ether oxygens (including phenoxy) is 1. The summed E-state index contributed by atoms with van der Waals surface area (Å²) in [7, 11) is 0. The lowest BCUT2D eigenvalue weighted by atomic mass is 9.98. The normalized spacial score (nSPS) is 16.1. The Kier molecular flexibility index (Phi) is 6.84. The summed E-state index contributed by atoms with van der Waals surface area (Å²) in [6.07, 6.45) is 3.01. The number of urea groups is 1. The number of fused-ring (bicyclic) bond motifs is 1. The maximum Gasteiger partial charge on any atom is 0.322 e. The summed E-state index contributed by atoms with van der Waals surface area (Å²) in [5.74, 6) is 3.15. The Morgan fingerprint density at radius 2 is 1.77 bits per heavy atom. The summed E-state index contributed by atoms with van der Waals surface area (Å²) >= 11 is 0. The second kappa shape index (κ2) is 10.3. The molecular weight excluding hydrogens is 438 g/mol. The maximum atomic E-state index is 13.3. The van der Waals surface area contributed by atoms with Crippen molar-refractivity contribution in [2.45, 2.75) is 39.7 Å². The minimum Gasteiger partial charge on any atom is -0.492 e. The molecule has 7 nitrogen and oxygen atoms in total. The third-order valence-electron chi connectivity index (χ3n) is 6.87. The van der Waals surface area contributed by atoms with Crippen LogP contribution in [-0.2, 0) is 13.0 Å². The van der Waals surface area contributed by atoms with Crippen LogP contribution in [-0.4, -0.2) is 47.1 Å². The van der Waals surface area contributed by atoms with Gasteiger partial charge in [0.25, 0.3) is 0 Å². The molecule has 35 heavy (non-hydrogen) atoms. The molecule has 1 N–H and O–H groups in total. The molecule has 1 saturated heterocycles. The van der Waals surface area contributed by atoms with Crippen molar-refractivity contribution < 1.29 is 9.53 Å². The average Bonchev–Trinajstić information content (AvgIpc) is 2.90. The van der Waals surface area contributed by atoms with E-state index in [0.29, 0.717) is 37.6 Å². The number of para-hydroxylation sites is 2. The molecule has 2 amide bonds. The van der Waals surface area contributed by atoms with Gasteiger partial charge in [0.2, 0.25) is 0 Å². The van der Waals surface area contributed by atoms with Gasteiger partial charge in [-0.2, -0.15) is 0 Å². The van der Waals surface area contributed by atoms with Crippen molar-refractivity contribution in [1.29, 1.82) is 0 Å². The van der Waals surface area contributed by atoms with Crippen LogP contribution in [0.1, 0.15) is 37.9 Å². The SMILES string of the molecule is CCOc1ccccc1NC(=O)N1CCc2nc(-c3ccccc3)nc(N3CCC(C)CC3)c2C1. The van der Waals surface area contributed by atoms with Gasteiger partial charge in [0, 0.05) is 37.2 Å². The molecule has 2 aliphatic heterocycles. The number of anilines is 2. The molecule has 0 unspecified atom stereocenters. The molecule has 182 valence electrons. The van der Waals surface area contributed by atoms with Crippen LogP contribution in [0.4, 0.5) is 16.3 Å². The molecule has 0 saturated carbocycles. The van der Waals surface area contributed by atoms with Crippen LogP contribution in [0, 0.1) is 5.92 Å². The van der Waals surface area contributed by atoms with Crippen molar-refractivity contribution in [2.75, 3.05) is 36.5 Å². The van der Waals surface area contributed by atoms with Gasteiger partial charge in [0.1, 0.15) is 11.6 Å². The van der Waals surface area contributed by atoms with Crippen LogP contribution in [0.25, 0.3) is 11.4 Å². The fraction of sp³-hybridized carbons (Fsp3) is 0.393. The number of carbonyl (C=O) groups is 1. The molecule has 1 fully saturated rings. The number of carbonyl (C=O) groups excluding carboxylic acids is 1. The highest BCUT2D eigenvalue weighted by atomic mass is 16.5. The quantitative estimate of drug-likeness (QED) is 0.542. The minimum absolute atomic E-state index is 0.131. The molecule has 0 spiro atoms. The number of rotatable bonds is 5. The highest BCUT2D eigenvalue weighted by Gasteiger charge is 2.29. The fourth-order valence-electron chi connectivity index (χ4n) is 4.81. The summed E-state index contributed by atoms with van der Waals surface area (Å²) in [6, 6.07) is 17.6. The van der Waals surface area contributed by atoms with Crippen molar-refractivity contribution >= 4 is 17.5 Å². The van der Waals surface area contributed by atoms with Crippen LogP contribution in [0.15, 0.2) is 54.6 Å². The third-order valence-corrected chi connectivity index (χ3v) is 6.87. The van der Waals surface area contributed by atoms with Gasteiger partial charge in [0.15, 0.2) is 5.82 Å². The highest BCUT2D eigenvalue weighted by molar-refractivity contribution is 5.91. The molecule has 5 rings (SSSR count). The van der Waals surface area contributed by atoms with E-state index in [1.807, 2.05) is 54.3 Å². The van der Waals surface area contributed by atoms with E-state index in [1.54, 1.807) is 0 Å². The predicted molar refractivity (Wildman–Crippen MR) is 139 cm³/mol. The van der Waals surface area contributed by atoms with Gasteiger partial charge in [-0.3, -0.25) is 0 Å². The van der Waals surface area contributed by atoms with Gasteiger partial charge in [-0.1, -0.05) is 49.4 Å². The lowest BCUT2D eigenvalue weighted by molar-refractivity contribution is 0.205. The molecule has 2 aromatic carbocycles. The van der Waals surface area contributed by atoms with E-state index >= 15 is 0 Å². The van der Waals surface area contributed by atoms with E-state index in [-0.39, 0.29) is 6.03 Å². The second-order valence-electron chi connectivity index (χ2n) is 9.36. The Bertz CT molecular complexity index is 1180. The average molecular weight is 472 g/mol. The Labute approximate surface area is 207 Å². The largest absolute Gasteiger partial charge is 0.492 e. The molecule has 3 heterocycles. The van der Waals surface area contributed by atoms with Crippen molar-refractivity contribution in [1.82, 2.24) is 14.9 Å². The van der Waals surface area contributed by atoms with Crippen LogP contribution in [0.3, 0.4) is 0 Å². The summed E-state index contributed by atoms with van der Waals surface area (Å²) in [6.45, 7) is 7.86. The van der Waals surface area contributed by atoms with Gasteiger partial charge >= 0.3 is 6.03 Å². The molecule has 3 aromatic rings. The van der Waals surface area contributed by atoms with E-state index in [2.05, 4.69) is 29.3 Å². The number of hydrogen-bond donors (Lipinski definition) is 1. The third kappa shape index (κ3) is 5.09. The first-order chi connectivity index (χ1) is 17.1. The predicted octanol–water partition coefficient (Wildman–Crippen LogP) is 5.37. The van der Waals surface area contributed by atoms with Gasteiger partial charge in [0.05, 0.1) is 24.5 Å². The first kappa shape index (κ1) is 23.1. The Hall–Kier alpha value is -3.61. The van der Waals surface area contributed by atoms with Crippen LogP contribution >= 0.6 is 0 Å². The number of benzene rings is 2. The highest BCUT2D eigenvalue weighted by Crippen LogP contribution is 2.32. The zero-order valence-electron chi connectivity index (χ0n) is 20.5. The molecule has 0 radical (unpaired) electrons. The smallest absolute Gasteiger partial charge is 0.322 e. The monoisotopic (exact) mass is 471 g/mol. The first-order valence-corrected chi connectivity index (χ1v) is 12.6. The molecule has 0 atom stereocenters. The Balaban J connectivity index is 1.43. The van der Waals surface area contributed by atoms with E-state index in [0.717, 1.165) is 60.3 Å². The second-order valence-corrected chi connectivity index (χ2v) is 9.36. The number of nitrogens with zero attached hydrogens (tertiary/aromatic N) is 4. The van der Waals surface area contributed by atoms with Crippen molar-refractivity contribution in [3.8, 4) is 17.1 Å². The van der Waals surface area contributed by atoms with Gasteiger partial charge < -0.3 is 19.9 Å². The van der Waals surface area contributed by atoms with Gasteiger partial charge in [-0.25, -0.2) is 14.8 Å². The van der Waals surface area contributed by atoms with E-state index in [9.17, 15) is 4.79 Å². The maximum absolute atomic E-state index is 13.3. The topological polar surface area (TPSA) is 70.6 Å². The van der Waals surface area contributed by atoms with Gasteiger partial charge in [-0.15, -0.1) is 0 Å². The molecule has 0 aliphatic carbocycles. The van der Waals surface area contributed by atoms with Crippen LogP contribution < -0.4 is 15.0 Å². The summed E-state index contributed by atoms with van der Waals surface area (Å²) in [5, 5.41) is 3.05. The lowest BCUT2D eigenvalue weighted by Gasteiger charge is -2.36. The Morgan fingerprint density at radius 1 is 1.03 bits per heavy atom. The zero-order valence-corrected chi connectivity index (χ0v) is 20.5. The molecule has 0 bridgehead atoms. The van der Waals surface area contributed by atoms with Crippen molar-refractivity contribution in [3.05, 3.63) is 65.9 Å². The number of piperidine rings is 1. The number of amides is 2. The van der Waals surface area contributed by atoms with E-state index < -0.39 is 0 Å². The van der Waals surface area contributed by atoms with Crippen molar-refractivity contribution in [2.24, 2.45) is 5.92 Å². The number of aromatic nitrogens is 2. The molecule has 1 aromatic heterocycles.